The Kier molecular flexibility index (Phi) is 5.71. The lowest BCUT2D eigenvalue weighted by Crippen LogP contribution is -2.35. The van der Waals surface area contributed by atoms with Gasteiger partial charge < -0.3 is 10.2 Å². The molecule has 1 aliphatic rings. The van der Waals surface area contributed by atoms with Crippen LogP contribution in [-0.2, 0) is 17.9 Å². The third-order valence-corrected chi connectivity index (χ3v) is 4.49. The number of carbonyl (C=O) groups excluding carboxylic acids is 1. The third-order valence-electron chi connectivity index (χ3n) is 4.49. The Labute approximate surface area is 145 Å². The minimum Gasteiger partial charge on any atom is -0.335 e. The molecule has 0 unspecified atom stereocenters. The molecule has 0 bridgehead atoms. The molecule has 1 fully saturated rings. The van der Waals surface area contributed by atoms with Gasteiger partial charge in [0.05, 0.1) is 5.69 Å². The lowest BCUT2D eigenvalue weighted by molar-refractivity contribution is -0.129. The van der Waals surface area contributed by atoms with Crippen LogP contribution in [0, 0.1) is 11.6 Å². The Morgan fingerprint density at radius 2 is 2.12 bits per heavy atom. The molecule has 25 heavy (non-hydrogen) atoms. The van der Waals surface area contributed by atoms with Gasteiger partial charge in [0.2, 0.25) is 5.91 Å². The van der Waals surface area contributed by atoms with Crippen molar-refractivity contribution in [1.29, 1.82) is 0 Å². The first-order valence-corrected chi connectivity index (χ1v) is 8.47. The molecule has 6 heteroatoms. The van der Waals surface area contributed by atoms with Crippen LogP contribution >= 0.6 is 0 Å². The second kappa shape index (κ2) is 8.16. The van der Waals surface area contributed by atoms with Crippen molar-refractivity contribution in [1.82, 2.24) is 15.2 Å². The van der Waals surface area contributed by atoms with Crippen LogP contribution in [0.1, 0.15) is 30.5 Å². The number of likely N-dealkylation sites (tertiary alicyclic amines) is 1. The highest BCUT2D eigenvalue weighted by Crippen LogP contribution is 2.24. The van der Waals surface area contributed by atoms with Crippen molar-refractivity contribution >= 4 is 5.91 Å². The van der Waals surface area contributed by atoms with E-state index in [9.17, 15) is 13.6 Å². The van der Waals surface area contributed by atoms with E-state index in [1.165, 1.54) is 0 Å². The van der Waals surface area contributed by atoms with Crippen molar-refractivity contribution in [2.75, 3.05) is 6.54 Å². The summed E-state index contributed by atoms with van der Waals surface area (Å²) in [6.45, 7) is 1.52. The molecule has 0 saturated carbocycles. The maximum Gasteiger partial charge on any atom is 0.223 e. The van der Waals surface area contributed by atoms with Crippen LogP contribution in [0.3, 0.4) is 0 Å². The average Bonchev–Trinajstić information content (AvgIpc) is 2.96. The first-order valence-electron chi connectivity index (χ1n) is 8.47. The number of amides is 1. The van der Waals surface area contributed by atoms with E-state index in [0.29, 0.717) is 13.0 Å². The zero-order valence-corrected chi connectivity index (χ0v) is 13.9. The molecule has 1 N–H and O–H groups in total. The van der Waals surface area contributed by atoms with Crippen molar-refractivity contribution in [2.24, 2.45) is 0 Å². The topological polar surface area (TPSA) is 45.2 Å². The Morgan fingerprint density at radius 1 is 1.24 bits per heavy atom. The number of hydrogen-bond donors (Lipinski definition) is 1. The molecule has 2 heterocycles. The average molecular weight is 345 g/mol. The summed E-state index contributed by atoms with van der Waals surface area (Å²) in [6.07, 6.45) is 3.74. The molecule has 1 amide bonds. The number of halogens is 2. The Balaban J connectivity index is 1.53. The normalized spacial score (nSPS) is 17.3. The maximum atomic E-state index is 13.8. The van der Waals surface area contributed by atoms with E-state index in [1.54, 1.807) is 11.1 Å². The Bertz CT molecular complexity index is 724. The predicted molar refractivity (Wildman–Crippen MR) is 90.5 cm³/mol. The van der Waals surface area contributed by atoms with Gasteiger partial charge in [0.15, 0.2) is 0 Å². The molecule has 4 nitrogen and oxygen atoms in total. The second-order valence-corrected chi connectivity index (χ2v) is 6.24. The number of aromatic nitrogens is 1. The molecular formula is C19H21F2N3O. The highest BCUT2D eigenvalue weighted by molar-refractivity contribution is 5.78. The second-order valence-electron chi connectivity index (χ2n) is 6.24. The predicted octanol–water partition coefficient (Wildman–Crippen LogP) is 3.03. The fraction of sp³-hybridized carbons (Fsp3) is 0.368. The minimum absolute atomic E-state index is 0.00149. The zero-order chi connectivity index (χ0) is 17.6. The summed E-state index contributed by atoms with van der Waals surface area (Å²) in [5.41, 5.74) is 1.19. The summed E-state index contributed by atoms with van der Waals surface area (Å²) in [4.78, 5) is 18.0. The van der Waals surface area contributed by atoms with Crippen LogP contribution in [0.5, 0.6) is 0 Å². The van der Waals surface area contributed by atoms with Crippen molar-refractivity contribution in [2.45, 2.75) is 38.4 Å². The van der Waals surface area contributed by atoms with Gasteiger partial charge in [-0.05, 0) is 49.7 Å². The van der Waals surface area contributed by atoms with E-state index in [-0.39, 0.29) is 24.1 Å². The zero-order valence-electron chi connectivity index (χ0n) is 13.9. The van der Waals surface area contributed by atoms with Crippen molar-refractivity contribution in [3.8, 4) is 0 Å². The molecule has 1 saturated heterocycles. The third kappa shape index (κ3) is 4.60. The molecule has 0 radical (unpaired) electrons. The SMILES string of the molecule is O=C1CC[C@@H](CCNCc2ccccn2)N1Cc1cc(F)ccc1F. The quantitative estimate of drug-likeness (QED) is 0.785. The van der Waals surface area contributed by atoms with E-state index in [1.807, 2.05) is 18.2 Å². The largest absolute Gasteiger partial charge is 0.335 e. The first-order chi connectivity index (χ1) is 12.1. The monoisotopic (exact) mass is 345 g/mol. The fourth-order valence-electron chi connectivity index (χ4n) is 3.15. The van der Waals surface area contributed by atoms with Gasteiger partial charge in [-0.15, -0.1) is 0 Å². The molecule has 0 spiro atoms. The van der Waals surface area contributed by atoms with E-state index in [0.717, 1.165) is 43.3 Å². The molecule has 1 aromatic carbocycles. The fourth-order valence-corrected chi connectivity index (χ4v) is 3.15. The molecule has 1 aromatic heterocycles. The smallest absolute Gasteiger partial charge is 0.223 e. The van der Waals surface area contributed by atoms with Crippen LogP contribution in [0.2, 0.25) is 0 Å². The highest BCUT2D eigenvalue weighted by atomic mass is 19.1. The van der Waals surface area contributed by atoms with Gasteiger partial charge in [0.1, 0.15) is 11.6 Å². The summed E-state index contributed by atoms with van der Waals surface area (Å²) in [6, 6.07) is 9.17. The number of nitrogens with one attached hydrogen (secondary N) is 1. The lowest BCUT2D eigenvalue weighted by Gasteiger charge is -2.25. The highest BCUT2D eigenvalue weighted by Gasteiger charge is 2.31. The van der Waals surface area contributed by atoms with Gasteiger partial charge in [0.25, 0.3) is 0 Å². The Hall–Kier alpha value is -2.34. The van der Waals surface area contributed by atoms with E-state index in [4.69, 9.17) is 0 Å². The summed E-state index contributed by atoms with van der Waals surface area (Å²) < 4.78 is 27.2. The van der Waals surface area contributed by atoms with Crippen molar-refractivity contribution in [3.63, 3.8) is 0 Å². The van der Waals surface area contributed by atoms with E-state index in [2.05, 4.69) is 10.3 Å². The van der Waals surface area contributed by atoms with Crippen LogP contribution in [0.15, 0.2) is 42.6 Å². The molecule has 1 aliphatic heterocycles. The summed E-state index contributed by atoms with van der Waals surface area (Å²) >= 11 is 0. The van der Waals surface area contributed by atoms with Crippen molar-refractivity contribution < 1.29 is 13.6 Å². The van der Waals surface area contributed by atoms with E-state index < -0.39 is 11.6 Å². The summed E-state index contributed by atoms with van der Waals surface area (Å²) in [5, 5.41) is 3.31. The summed E-state index contributed by atoms with van der Waals surface area (Å²) in [7, 11) is 0. The number of carbonyl (C=O) groups is 1. The molecule has 0 aliphatic carbocycles. The van der Waals surface area contributed by atoms with Gasteiger partial charge in [-0.2, -0.15) is 0 Å². The van der Waals surface area contributed by atoms with Crippen LogP contribution in [-0.4, -0.2) is 28.4 Å². The molecule has 1 atom stereocenters. The summed E-state index contributed by atoms with van der Waals surface area (Å²) in [5.74, 6) is -0.969. The van der Waals surface area contributed by atoms with Crippen LogP contribution in [0.25, 0.3) is 0 Å². The van der Waals surface area contributed by atoms with Gasteiger partial charge in [-0.3, -0.25) is 9.78 Å². The molecule has 132 valence electrons. The standard InChI is InChI=1S/C19H21F2N3O/c20-15-4-6-18(21)14(11-15)13-24-17(5-7-19(24)25)8-10-22-12-16-3-1-2-9-23-16/h1-4,6,9,11,17,22H,5,7-8,10,12-13H2/t17-/m0/s1. The molecule has 3 rings (SSSR count). The lowest BCUT2D eigenvalue weighted by atomic mass is 10.1. The van der Waals surface area contributed by atoms with Gasteiger partial charge in [0, 0.05) is 37.3 Å². The molecule has 2 aromatic rings. The number of hydrogen-bond acceptors (Lipinski definition) is 3. The van der Waals surface area contributed by atoms with Crippen LogP contribution < -0.4 is 5.32 Å². The van der Waals surface area contributed by atoms with E-state index >= 15 is 0 Å². The first kappa shape index (κ1) is 17.5. The number of nitrogens with zero attached hydrogens (tertiary/aromatic N) is 2. The number of benzene rings is 1. The van der Waals surface area contributed by atoms with Crippen LogP contribution in [0.4, 0.5) is 8.78 Å². The molecular weight excluding hydrogens is 324 g/mol. The van der Waals surface area contributed by atoms with Gasteiger partial charge in [-0.1, -0.05) is 6.07 Å². The Morgan fingerprint density at radius 3 is 2.92 bits per heavy atom. The maximum absolute atomic E-state index is 13.8. The minimum atomic E-state index is -0.489. The van der Waals surface area contributed by atoms with Crippen molar-refractivity contribution in [3.05, 3.63) is 65.5 Å². The number of rotatable bonds is 7. The van der Waals surface area contributed by atoms with Gasteiger partial charge >= 0.3 is 0 Å². The van der Waals surface area contributed by atoms with Gasteiger partial charge in [-0.25, -0.2) is 8.78 Å². The number of pyridine rings is 1.